The number of hydrogen-bond donors (Lipinski definition) is 2. The highest BCUT2D eigenvalue weighted by Crippen LogP contribution is 2.35. The number of aromatic nitrogens is 3. The molecule has 4 aromatic rings. The summed E-state index contributed by atoms with van der Waals surface area (Å²) in [6.45, 7) is 6.69. The van der Waals surface area contributed by atoms with Crippen molar-refractivity contribution in [2.24, 2.45) is 0 Å². The number of rotatable bonds is 8. The van der Waals surface area contributed by atoms with E-state index in [1.807, 2.05) is 51.3 Å². The number of amides is 1. The van der Waals surface area contributed by atoms with Gasteiger partial charge in [-0.3, -0.25) is 14.1 Å². The molecule has 2 aromatic heterocycles. The predicted molar refractivity (Wildman–Crippen MR) is 169 cm³/mol. The minimum atomic E-state index is -4.55. The number of piperazine rings is 1. The van der Waals surface area contributed by atoms with Crippen molar-refractivity contribution < 1.29 is 18.0 Å². The van der Waals surface area contributed by atoms with Gasteiger partial charge in [0.1, 0.15) is 0 Å². The lowest BCUT2D eigenvalue weighted by molar-refractivity contribution is -0.138. The highest BCUT2D eigenvalue weighted by Gasteiger charge is 2.34. The number of nitrogens with one attached hydrogen (secondary N) is 2. The standard InChI is InChI=1S/C33H37F3N8O/c1-23-7-8-25(20-24(23)10-12-30-39-40-31-29(6-5-14-44(30)31)37-13-15-41(2)3)32(45)38-27-11-9-26(28(21-27)33(34,35)36)22-43-18-16-42(4)17-19-43/h5-9,11,14,20-21,37H,13,15-19,22H2,1-4H3,(H,38,45). The van der Waals surface area contributed by atoms with Gasteiger partial charge in [-0.15, -0.1) is 10.2 Å². The first kappa shape index (κ1) is 32.0. The number of anilines is 2. The number of aryl methyl sites for hydroxylation is 1. The van der Waals surface area contributed by atoms with E-state index < -0.39 is 17.6 Å². The fourth-order valence-corrected chi connectivity index (χ4v) is 5.08. The molecule has 1 saturated heterocycles. The third kappa shape index (κ3) is 7.99. The molecule has 5 rings (SSSR count). The number of benzene rings is 2. The number of pyridine rings is 1. The molecule has 0 aliphatic carbocycles. The zero-order chi connectivity index (χ0) is 32.1. The van der Waals surface area contributed by atoms with Gasteiger partial charge >= 0.3 is 6.18 Å². The molecule has 0 radical (unpaired) electrons. The Balaban J connectivity index is 1.32. The van der Waals surface area contributed by atoms with Crippen molar-refractivity contribution in [3.05, 3.63) is 88.4 Å². The summed E-state index contributed by atoms with van der Waals surface area (Å²) >= 11 is 0. The number of carbonyl (C=O) groups excluding carboxylic acids is 1. The molecule has 0 saturated carbocycles. The first-order valence-electron chi connectivity index (χ1n) is 14.8. The van der Waals surface area contributed by atoms with Gasteiger partial charge in [-0.2, -0.15) is 13.2 Å². The topological polar surface area (TPSA) is 81.0 Å². The van der Waals surface area contributed by atoms with Crippen LogP contribution >= 0.6 is 0 Å². The average Bonchev–Trinajstić information content (AvgIpc) is 3.42. The smallest absolute Gasteiger partial charge is 0.381 e. The Morgan fingerprint density at radius 2 is 1.80 bits per heavy atom. The zero-order valence-corrected chi connectivity index (χ0v) is 25.9. The molecular weight excluding hydrogens is 581 g/mol. The van der Waals surface area contributed by atoms with Crippen molar-refractivity contribution in [3.8, 4) is 11.8 Å². The Labute approximate surface area is 261 Å². The van der Waals surface area contributed by atoms with Gasteiger partial charge in [0.25, 0.3) is 5.91 Å². The number of nitrogens with zero attached hydrogens (tertiary/aromatic N) is 6. The molecular formula is C33H37F3N8O. The molecule has 1 aliphatic heterocycles. The van der Waals surface area contributed by atoms with Crippen LogP contribution in [0.5, 0.6) is 0 Å². The molecule has 12 heteroatoms. The lowest BCUT2D eigenvalue weighted by atomic mass is 10.0. The summed E-state index contributed by atoms with van der Waals surface area (Å²) in [6, 6.07) is 12.8. The molecule has 45 heavy (non-hydrogen) atoms. The predicted octanol–water partition coefficient (Wildman–Crippen LogP) is 4.43. The van der Waals surface area contributed by atoms with E-state index >= 15 is 0 Å². The van der Waals surface area contributed by atoms with Crippen LogP contribution in [0.2, 0.25) is 0 Å². The fraction of sp³-hybridized carbons (Fsp3) is 0.364. The minimum Gasteiger partial charge on any atom is -0.381 e. The van der Waals surface area contributed by atoms with Crippen LogP contribution < -0.4 is 10.6 Å². The van der Waals surface area contributed by atoms with Crippen LogP contribution in [0.15, 0.2) is 54.7 Å². The van der Waals surface area contributed by atoms with E-state index in [4.69, 9.17) is 0 Å². The number of alkyl halides is 3. The van der Waals surface area contributed by atoms with Crippen LogP contribution in [-0.4, -0.2) is 95.6 Å². The lowest BCUT2D eigenvalue weighted by Gasteiger charge is -2.33. The summed E-state index contributed by atoms with van der Waals surface area (Å²) < 4.78 is 43.9. The van der Waals surface area contributed by atoms with Gasteiger partial charge < -0.3 is 20.4 Å². The second-order valence-corrected chi connectivity index (χ2v) is 11.6. The van der Waals surface area contributed by atoms with E-state index in [1.165, 1.54) is 12.1 Å². The van der Waals surface area contributed by atoms with Gasteiger partial charge in [0, 0.05) is 68.8 Å². The van der Waals surface area contributed by atoms with Crippen LogP contribution in [0.3, 0.4) is 0 Å². The molecule has 0 bridgehead atoms. The van der Waals surface area contributed by atoms with Gasteiger partial charge in [-0.1, -0.05) is 18.1 Å². The molecule has 2 N–H and O–H groups in total. The molecule has 236 valence electrons. The summed E-state index contributed by atoms with van der Waals surface area (Å²) in [4.78, 5) is 19.4. The lowest BCUT2D eigenvalue weighted by Crippen LogP contribution is -2.44. The van der Waals surface area contributed by atoms with Crippen LogP contribution in [0.1, 0.15) is 38.4 Å². The second kappa shape index (κ2) is 13.7. The maximum absolute atomic E-state index is 14.0. The second-order valence-electron chi connectivity index (χ2n) is 11.6. The summed E-state index contributed by atoms with van der Waals surface area (Å²) in [5.41, 5.74) is 2.73. The van der Waals surface area contributed by atoms with Crippen molar-refractivity contribution in [1.29, 1.82) is 0 Å². The molecule has 0 spiro atoms. The zero-order valence-electron chi connectivity index (χ0n) is 25.9. The third-order valence-corrected chi connectivity index (χ3v) is 7.78. The molecule has 0 unspecified atom stereocenters. The van der Waals surface area contributed by atoms with E-state index in [0.29, 0.717) is 30.1 Å². The van der Waals surface area contributed by atoms with Crippen molar-refractivity contribution in [3.63, 3.8) is 0 Å². The van der Waals surface area contributed by atoms with E-state index in [9.17, 15) is 18.0 Å². The van der Waals surface area contributed by atoms with Crippen LogP contribution in [0, 0.1) is 18.8 Å². The normalized spacial score (nSPS) is 14.4. The summed E-state index contributed by atoms with van der Waals surface area (Å²) in [5, 5.41) is 14.5. The van der Waals surface area contributed by atoms with E-state index in [0.717, 1.165) is 43.5 Å². The average molecular weight is 619 g/mol. The van der Waals surface area contributed by atoms with Gasteiger partial charge in [0.2, 0.25) is 5.82 Å². The molecule has 1 amide bonds. The maximum atomic E-state index is 14.0. The number of hydrogen-bond acceptors (Lipinski definition) is 7. The Hall–Kier alpha value is -4.44. The van der Waals surface area contributed by atoms with Crippen molar-refractivity contribution in [2.75, 3.05) is 71.0 Å². The summed E-state index contributed by atoms with van der Waals surface area (Å²) in [6.07, 6.45) is -2.72. The number of halogens is 3. The summed E-state index contributed by atoms with van der Waals surface area (Å²) in [5.74, 6) is 6.04. The summed E-state index contributed by atoms with van der Waals surface area (Å²) in [7, 11) is 6.01. The molecule has 0 atom stereocenters. The number of likely N-dealkylation sites (N-methyl/N-ethyl adjacent to an activating group) is 2. The first-order chi connectivity index (χ1) is 21.5. The van der Waals surface area contributed by atoms with Crippen LogP contribution in [0.4, 0.5) is 24.5 Å². The van der Waals surface area contributed by atoms with E-state index in [2.05, 4.69) is 42.5 Å². The Kier molecular flexibility index (Phi) is 9.72. The van der Waals surface area contributed by atoms with Gasteiger partial charge in [-0.05, 0) is 81.5 Å². The number of fused-ring (bicyclic) bond motifs is 1. The van der Waals surface area contributed by atoms with Crippen molar-refractivity contribution >= 4 is 22.9 Å². The molecule has 2 aromatic carbocycles. The number of carbonyl (C=O) groups is 1. The Morgan fingerprint density at radius 1 is 1.02 bits per heavy atom. The maximum Gasteiger partial charge on any atom is 0.416 e. The monoisotopic (exact) mass is 618 g/mol. The van der Waals surface area contributed by atoms with Gasteiger partial charge in [0.05, 0.1) is 11.3 Å². The fourth-order valence-electron chi connectivity index (χ4n) is 5.08. The quantitative estimate of drug-likeness (QED) is 0.283. The van der Waals surface area contributed by atoms with Crippen molar-refractivity contribution in [2.45, 2.75) is 19.6 Å². The highest BCUT2D eigenvalue weighted by atomic mass is 19.4. The SMILES string of the molecule is Cc1ccc(C(=O)Nc2ccc(CN3CCN(C)CC3)c(C(F)(F)F)c2)cc1C#Cc1nnc2c(NCCN(C)C)cccn12. The van der Waals surface area contributed by atoms with Crippen molar-refractivity contribution in [1.82, 2.24) is 29.3 Å². The highest BCUT2D eigenvalue weighted by molar-refractivity contribution is 6.04. The Bertz CT molecular complexity index is 1730. The largest absolute Gasteiger partial charge is 0.416 e. The van der Waals surface area contributed by atoms with Gasteiger partial charge in [-0.25, -0.2) is 0 Å². The van der Waals surface area contributed by atoms with Crippen LogP contribution in [-0.2, 0) is 12.7 Å². The molecule has 1 aliphatic rings. The van der Waals surface area contributed by atoms with E-state index in [1.54, 1.807) is 22.6 Å². The molecule has 3 heterocycles. The third-order valence-electron chi connectivity index (χ3n) is 7.78. The first-order valence-corrected chi connectivity index (χ1v) is 14.8. The van der Waals surface area contributed by atoms with E-state index in [-0.39, 0.29) is 23.4 Å². The minimum absolute atomic E-state index is 0.0765. The Morgan fingerprint density at radius 3 is 2.53 bits per heavy atom. The van der Waals surface area contributed by atoms with Crippen LogP contribution in [0.25, 0.3) is 5.65 Å². The molecule has 1 fully saturated rings. The molecule has 9 nitrogen and oxygen atoms in total. The van der Waals surface area contributed by atoms with Gasteiger partial charge in [0.15, 0.2) is 5.65 Å².